The largest absolute Gasteiger partial charge is 0.368 e. The lowest BCUT2D eigenvalue weighted by molar-refractivity contribution is -0.137. The van der Waals surface area contributed by atoms with E-state index in [9.17, 15) is 14.4 Å². The van der Waals surface area contributed by atoms with Crippen molar-refractivity contribution in [1.82, 2.24) is 19.8 Å². The third kappa shape index (κ3) is 6.66. The minimum absolute atomic E-state index is 0.00415. The molecule has 2 aliphatic carbocycles. The molecule has 222 valence electrons. The van der Waals surface area contributed by atoms with Crippen molar-refractivity contribution in [2.45, 2.75) is 69.1 Å². The normalized spacial score (nSPS) is 21.5. The summed E-state index contributed by atoms with van der Waals surface area (Å²) in [5.74, 6) is 0.903. The van der Waals surface area contributed by atoms with Crippen LogP contribution in [0.4, 0.5) is 5.69 Å². The Hall–Kier alpha value is -3.33. The number of nitrogens with one attached hydrogen (secondary N) is 1. The summed E-state index contributed by atoms with van der Waals surface area (Å²) in [6, 6.07) is 18.1. The van der Waals surface area contributed by atoms with Crippen molar-refractivity contribution in [1.29, 1.82) is 0 Å². The fraction of sp³-hybridized carbons (Fsp3) is 0.515. The van der Waals surface area contributed by atoms with Crippen LogP contribution in [0.3, 0.4) is 0 Å². The number of rotatable bonds is 8. The predicted octanol–water partition coefficient (Wildman–Crippen LogP) is 4.70. The van der Waals surface area contributed by atoms with E-state index in [4.69, 9.17) is 4.98 Å². The molecule has 1 N–H and O–H groups in total. The zero-order chi connectivity index (χ0) is 28.9. The van der Waals surface area contributed by atoms with Gasteiger partial charge in [0.15, 0.2) is 5.16 Å². The monoisotopic (exact) mass is 587 g/mol. The fourth-order valence-corrected chi connectivity index (χ4v) is 7.64. The Bertz CT molecular complexity index is 1440. The van der Waals surface area contributed by atoms with Crippen LogP contribution in [-0.2, 0) is 16.1 Å². The number of carbonyl (C=O) groups is 2. The lowest BCUT2D eigenvalue weighted by Gasteiger charge is -2.39. The first-order valence-electron chi connectivity index (χ1n) is 15.6. The van der Waals surface area contributed by atoms with Gasteiger partial charge in [-0.2, -0.15) is 0 Å². The van der Waals surface area contributed by atoms with Gasteiger partial charge in [0.2, 0.25) is 11.8 Å². The lowest BCUT2D eigenvalue weighted by atomic mass is 9.81. The van der Waals surface area contributed by atoms with E-state index in [1.807, 2.05) is 35.2 Å². The Morgan fingerprint density at radius 1 is 0.857 bits per heavy atom. The van der Waals surface area contributed by atoms with E-state index in [0.29, 0.717) is 28.5 Å². The topological polar surface area (TPSA) is 87.5 Å². The van der Waals surface area contributed by atoms with E-state index in [1.165, 1.54) is 30.3 Å². The van der Waals surface area contributed by atoms with E-state index < -0.39 is 0 Å². The van der Waals surface area contributed by atoms with E-state index in [0.717, 1.165) is 64.7 Å². The summed E-state index contributed by atoms with van der Waals surface area (Å²) in [7, 11) is 0. The molecule has 2 amide bonds. The van der Waals surface area contributed by atoms with Crippen LogP contribution < -0.4 is 15.8 Å². The maximum Gasteiger partial charge on any atom is 0.262 e. The number of fused-ring (bicyclic) bond motifs is 1. The lowest BCUT2D eigenvalue weighted by Crippen LogP contribution is -2.50. The highest BCUT2D eigenvalue weighted by molar-refractivity contribution is 7.99. The molecule has 9 heteroatoms. The highest BCUT2D eigenvalue weighted by Gasteiger charge is 2.32. The van der Waals surface area contributed by atoms with Gasteiger partial charge in [-0.25, -0.2) is 4.98 Å². The molecule has 0 bridgehead atoms. The maximum atomic E-state index is 13.6. The van der Waals surface area contributed by atoms with E-state index in [2.05, 4.69) is 34.5 Å². The van der Waals surface area contributed by atoms with Crippen molar-refractivity contribution in [3.05, 3.63) is 65.0 Å². The van der Waals surface area contributed by atoms with Gasteiger partial charge in [-0.3, -0.25) is 19.0 Å². The zero-order valence-corrected chi connectivity index (χ0v) is 25.1. The van der Waals surface area contributed by atoms with Gasteiger partial charge in [-0.1, -0.05) is 54.9 Å². The Labute approximate surface area is 251 Å². The van der Waals surface area contributed by atoms with Crippen molar-refractivity contribution >= 4 is 40.2 Å². The average molecular weight is 588 g/mol. The van der Waals surface area contributed by atoms with Crippen LogP contribution in [0.25, 0.3) is 10.9 Å². The quantitative estimate of drug-likeness (QED) is 0.304. The first kappa shape index (κ1) is 28.8. The minimum Gasteiger partial charge on any atom is -0.368 e. The van der Waals surface area contributed by atoms with Crippen LogP contribution in [0.5, 0.6) is 0 Å². The van der Waals surface area contributed by atoms with Crippen LogP contribution in [0.2, 0.25) is 0 Å². The number of hydrogen-bond donors (Lipinski definition) is 1. The highest BCUT2D eigenvalue weighted by atomic mass is 32.2. The molecule has 0 radical (unpaired) electrons. The number of para-hydroxylation sites is 2. The molecule has 8 nitrogen and oxygen atoms in total. The van der Waals surface area contributed by atoms with Crippen molar-refractivity contribution in [2.75, 3.05) is 36.8 Å². The van der Waals surface area contributed by atoms with Gasteiger partial charge < -0.3 is 15.1 Å². The van der Waals surface area contributed by atoms with Gasteiger partial charge in [0.1, 0.15) is 0 Å². The Balaban J connectivity index is 1.06. The van der Waals surface area contributed by atoms with Gasteiger partial charge in [0.25, 0.3) is 5.56 Å². The van der Waals surface area contributed by atoms with Crippen molar-refractivity contribution in [3.63, 3.8) is 0 Å². The molecule has 0 atom stereocenters. The van der Waals surface area contributed by atoms with Crippen molar-refractivity contribution in [3.8, 4) is 0 Å². The summed E-state index contributed by atoms with van der Waals surface area (Å²) >= 11 is 1.35. The summed E-state index contributed by atoms with van der Waals surface area (Å²) < 4.78 is 1.78. The summed E-state index contributed by atoms with van der Waals surface area (Å²) in [6.45, 7) is 3.82. The molecule has 2 saturated carbocycles. The van der Waals surface area contributed by atoms with Gasteiger partial charge in [0, 0.05) is 50.4 Å². The van der Waals surface area contributed by atoms with Crippen LogP contribution >= 0.6 is 11.8 Å². The molecular formula is C33H41N5O3S. The van der Waals surface area contributed by atoms with E-state index in [1.54, 1.807) is 4.57 Å². The SMILES string of the molecule is O=C(CSc1nc2ccccc2c(=O)n1CC1CCC(C(=O)N2CCN(c3ccccc3)CC2)CC1)NC1CCCC1. The van der Waals surface area contributed by atoms with E-state index >= 15 is 0 Å². The number of nitrogens with zero attached hydrogens (tertiary/aromatic N) is 4. The molecule has 3 aliphatic rings. The molecular weight excluding hydrogens is 546 g/mol. The number of piperazine rings is 1. The maximum absolute atomic E-state index is 13.6. The molecule has 0 spiro atoms. The number of amides is 2. The second-order valence-corrected chi connectivity index (χ2v) is 13.0. The predicted molar refractivity (Wildman–Crippen MR) is 168 cm³/mol. The fourth-order valence-electron chi connectivity index (χ4n) is 6.82. The third-order valence-corrected chi connectivity index (χ3v) is 10.2. The number of anilines is 1. The number of thioether (sulfide) groups is 1. The number of hydrogen-bond acceptors (Lipinski definition) is 6. The Morgan fingerprint density at radius 2 is 1.55 bits per heavy atom. The summed E-state index contributed by atoms with van der Waals surface area (Å²) in [5.41, 5.74) is 1.84. The van der Waals surface area contributed by atoms with Gasteiger partial charge >= 0.3 is 0 Å². The molecule has 3 aromatic rings. The summed E-state index contributed by atoms with van der Waals surface area (Å²) in [6.07, 6.45) is 7.95. The van der Waals surface area contributed by atoms with Crippen LogP contribution in [0, 0.1) is 11.8 Å². The van der Waals surface area contributed by atoms with Crippen molar-refractivity contribution in [2.24, 2.45) is 11.8 Å². The van der Waals surface area contributed by atoms with Gasteiger partial charge in [-0.15, -0.1) is 0 Å². The average Bonchev–Trinajstić information content (AvgIpc) is 3.55. The molecule has 2 heterocycles. The summed E-state index contributed by atoms with van der Waals surface area (Å²) in [5, 5.41) is 4.35. The molecule has 42 heavy (non-hydrogen) atoms. The minimum atomic E-state index is -0.0474. The second-order valence-electron chi connectivity index (χ2n) is 12.0. The number of aromatic nitrogens is 2. The standard InChI is InChI=1S/C33H41N5O3S/c39-30(34-26-8-4-5-9-26)23-42-33-35-29-13-7-6-12-28(29)32(41)38(33)22-24-14-16-25(17-15-24)31(40)37-20-18-36(19-21-37)27-10-2-1-3-11-27/h1-3,6-7,10-13,24-26H,4-5,8-9,14-23H2,(H,34,39). The first-order valence-corrected chi connectivity index (χ1v) is 16.5. The first-order chi connectivity index (χ1) is 20.5. The molecule has 1 saturated heterocycles. The molecule has 1 aliphatic heterocycles. The second kappa shape index (κ2) is 13.3. The van der Waals surface area contributed by atoms with Crippen LogP contribution in [-0.4, -0.2) is 64.2 Å². The van der Waals surface area contributed by atoms with Gasteiger partial charge in [-0.05, 0) is 68.7 Å². The Morgan fingerprint density at radius 3 is 2.29 bits per heavy atom. The number of benzene rings is 2. The zero-order valence-electron chi connectivity index (χ0n) is 24.2. The molecule has 6 rings (SSSR count). The third-order valence-electron chi connectivity index (χ3n) is 9.23. The van der Waals surface area contributed by atoms with Gasteiger partial charge in [0.05, 0.1) is 16.7 Å². The molecule has 1 aromatic heterocycles. The molecule has 0 unspecified atom stereocenters. The van der Waals surface area contributed by atoms with E-state index in [-0.39, 0.29) is 35.1 Å². The molecule has 2 aromatic carbocycles. The van der Waals surface area contributed by atoms with Crippen LogP contribution in [0.15, 0.2) is 64.5 Å². The van der Waals surface area contributed by atoms with Crippen LogP contribution in [0.1, 0.15) is 51.4 Å². The highest BCUT2D eigenvalue weighted by Crippen LogP contribution is 2.32. The molecule has 3 fully saturated rings. The Kier molecular flexibility index (Phi) is 9.12. The number of carbonyl (C=O) groups excluding carboxylic acids is 2. The summed E-state index contributed by atoms with van der Waals surface area (Å²) in [4.78, 5) is 48.9. The van der Waals surface area contributed by atoms with Crippen molar-refractivity contribution < 1.29 is 9.59 Å². The smallest absolute Gasteiger partial charge is 0.262 e.